The molecule has 0 unspecified atom stereocenters. The molecule has 1 saturated carbocycles. The number of hydrogen-bond acceptors (Lipinski definition) is 3. The monoisotopic (exact) mass is 317 g/mol. The maximum Gasteiger partial charge on any atom is 0.251 e. The number of carbonyl (C=O) groups is 2. The summed E-state index contributed by atoms with van der Waals surface area (Å²) in [6.45, 7) is 2.15. The highest BCUT2D eigenvalue weighted by atomic mass is 16.2. The topological polar surface area (TPSA) is 61.4 Å². The van der Waals surface area contributed by atoms with E-state index in [4.69, 9.17) is 0 Å². The highest BCUT2D eigenvalue weighted by molar-refractivity contribution is 5.97. The van der Waals surface area contributed by atoms with Gasteiger partial charge in [0.1, 0.15) is 0 Å². The van der Waals surface area contributed by atoms with Crippen LogP contribution in [-0.2, 0) is 4.79 Å². The van der Waals surface area contributed by atoms with Crippen molar-refractivity contribution < 1.29 is 9.59 Å². The molecule has 2 rings (SSSR count). The molecule has 1 fully saturated rings. The minimum absolute atomic E-state index is 0.0987. The molecule has 1 aliphatic rings. The van der Waals surface area contributed by atoms with Crippen LogP contribution in [-0.4, -0.2) is 43.4 Å². The van der Waals surface area contributed by atoms with E-state index in [0.29, 0.717) is 11.6 Å². The molecule has 0 aromatic heterocycles. The molecule has 0 atom stereocenters. The van der Waals surface area contributed by atoms with Gasteiger partial charge in [-0.15, -0.1) is 0 Å². The molecule has 5 heteroatoms. The second kappa shape index (κ2) is 7.99. The lowest BCUT2D eigenvalue weighted by Crippen LogP contribution is -2.41. The molecule has 0 radical (unpaired) electrons. The fourth-order valence-corrected chi connectivity index (χ4v) is 3.18. The van der Waals surface area contributed by atoms with E-state index in [1.54, 1.807) is 13.1 Å². The maximum absolute atomic E-state index is 12.4. The van der Waals surface area contributed by atoms with E-state index >= 15 is 0 Å². The Hall–Kier alpha value is -2.04. The zero-order chi connectivity index (χ0) is 16.8. The van der Waals surface area contributed by atoms with E-state index in [9.17, 15) is 9.59 Å². The third-order valence-corrected chi connectivity index (χ3v) is 4.75. The molecule has 126 valence electrons. The Morgan fingerprint density at radius 1 is 1.22 bits per heavy atom. The Kier molecular flexibility index (Phi) is 6.02. The van der Waals surface area contributed by atoms with Crippen molar-refractivity contribution in [3.8, 4) is 0 Å². The van der Waals surface area contributed by atoms with Crippen molar-refractivity contribution in [1.82, 2.24) is 10.2 Å². The standard InChI is InChI=1S/C18H27N3O2/c1-13-15(18(23)19-2)10-7-11-16(13)20-12-17(22)21(3)14-8-5-4-6-9-14/h7,10-11,14,20H,4-6,8-9,12H2,1-3H3,(H,19,23). The summed E-state index contributed by atoms with van der Waals surface area (Å²) in [7, 11) is 3.51. The summed E-state index contributed by atoms with van der Waals surface area (Å²) in [5.74, 6) is -0.0153. The van der Waals surface area contributed by atoms with E-state index in [-0.39, 0.29) is 18.4 Å². The first-order valence-corrected chi connectivity index (χ1v) is 8.35. The van der Waals surface area contributed by atoms with E-state index in [1.807, 2.05) is 31.0 Å². The average Bonchev–Trinajstić information content (AvgIpc) is 2.60. The van der Waals surface area contributed by atoms with Gasteiger partial charge in [-0.3, -0.25) is 9.59 Å². The largest absolute Gasteiger partial charge is 0.376 e. The molecule has 5 nitrogen and oxygen atoms in total. The number of amides is 2. The minimum atomic E-state index is -0.114. The molecule has 0 heterocycles. The lowest BCUT2D eigenvalue weighted by atomic mass is 9.94. The number of likely N-dealkylation sites (N-methyl/N-ethyl adjacent to an activating group) is 1. The van der Waals surface area contributed by atoms with Crippen LogP contribution in [0.2, 0.25) is 0 Å². The molecule has 0 aliphatic heterocycles. The van der Waals surface area contributed by atoms with Gasteiger partial charge in [-0.1, -0.05) is 25.3 Å². The molecule has 0 bridgehead atoms. The molecule has 1 aliphatic carbocycles. The molecule has 2 amide bonds. The van der Waals surface area contributed by atoms with Crippen molar-refractivity contribution in [2.45, 2.75) is 45.1 Å². The maximum atomic E-state index is 12.4. The zero-order valence-electron chi connectivity index (χ0n) is 14.3. The number of nitrogens with zero attached hydrogens (tertiary/aromatic N) is 1. The van der Waals surface area contributed by atoms with Crippen LogP contribution >= 0.6 is 0 Å². The summed E-state index contributed by atoms with van der Waals surface area (Å²) in [6, 6.07) is 5.89. The van der Waals surface area contributed by atoms with Crippen LogP contribution in [0.1, 0.15) is 48.0 Å². The third kappa shape index (κ3) is 4.24. The number of carbonyl (C=O) groups excluding carboxylic acids is 2. The van der Waals surface area contributed by atoms with Crippen molar-refractivity contribution >= 4 is 17.5 Å². The summed E-state index contributed by atoms with van der Waals surface area (Å²) in [4.78, 5) is 26.1. The van der Waals surface area contributed by atoms with Gasteiger partial charge in [0.05, 0.1) is 6.54 Å². The van der Waals surface area contributed by atoms with Crippen molar-refractivity contribution in [2.75, 3.05) is 26.0 Å². The van der Waals surface area contributed by atoms with Gasteiger partial charge in [-0.2, -0.15) is 0 Å². The third-order valence-electron chi connectivity index (χ3n) is 4.75. The van der Waals surface area contributed by atoms with Crippen LogP contribution in [0.15, 0.2) is 18.2 Å². The van der Waals surface area contributed by atoms with Crippen LogP contribution in [0.3, 0.4) is 0 Å². The Morgan fingerprint density at radius 3 is 2.57 bits per heavy atom. The van der Waals surface area contributed by atoms with E-state index < -0.39 is 0 Å². The lowest BCUT2D eigenvalue weighted by Gasteiger charge is -2.31. The van der Waals surface area contributed by atoms with Gasteiger partial charge < -0.3 is 15.5 Å². The number of rotatable bonds is 5. The van der Waals surface area contributed by atoms with E-state index in [0.717, 1.165) is 24.1 Å². The van der Waals surface area contributed by atoms with Gasteiger partial charge in [0.15, 0.2) is 0 Å². The van der Waals surface area contributed by atoms with Crippen LogP contribution in [0.25, 0.3) is 0 Å². The normalized spacial score (nSPS) is 15.1. The first-order chi connectivity index (χ1) is 11.0. The fourth-order valence-electron chi connectivity index (χ4n) is 3.18. The highest BCUT2D eigenvalue weighted by Crippen LogP contribution is 2.22. The first-order valence-electron chi connectivity index (χ1n) is 8.35. The van der Waals surface area contributed by atoms with Gasteiger partial charge in [0.25, 0.3) is 5.91 Å². The fraction of sp³-hybridized carbons (Fsp3) is 0.556. The van der Waals surface area contributed by atoms with Crippen LogP contribution in [0.4, 0.5) is 5.69 Å². The SMILES string of the molecule is CNC(=O)c1cccc(NCC(=O)N(C)C2CCCCC2)c1C. The quantitative estimate of drug-likeness (QED) is 0.877. The van der Waals surface area contributed by atoms with E-state index in [1.165, 1.54) is 19.3 Å². The number of hydrogen-bond donors (Lipinski definition) is 2. The molecule has 23 heavy (non-hydrogen) atoms. The highest BCUT2D eigenvalue weighted by Gasteiger charge is 2.22. The Morgan fingerprint density at radius 2 is 1.91 bits per heavy atom. The predicted octanol–water partition coefficient (Wildman–Crippen LogP) is 2.56. The second-order valence-corrected chi connectivity index (χ2v) is 6.21. The van der Waals surface area contributed by atoms with E-state index in [2.05, 4.69) is 10.6 Å². The summed E-state index contributed by atoms with van der Waals surface area (Å²) in [6.07, 6.45) is 5.91. The Bertz CT molecular complexity index is 565. The van der Waals surface area contributed by atoms with Gasteiger partial charge in [-0.25, -0.2) is 0 Å². The number of anilines is 1. The summed E-state index contributed by atoms with van der Waals surface area (Å²) < 4.78 is 0. The molecular formula is C18H27N3O2. The molecule has 1 aromatic carbocycles. The Labute approximate surface area is 138 Å². The number of nitrogens with one attached hydrogen (secondary N) is 2. The lowest BCUT2D eigenvalue weighted by molar-refractivity contribution is -0.130. The van der Waals surface area contributed by atoms with Crippen LogP contribution in [0, 0.1) is 6.92 Å². The van der Waals surface area contributed by atoms with Crippen LogP contribution < -0.4 is 10.6 Å². The molecular weight excluding hydrogens is 290 g/mol. The van der Waals surface area contributed by atoms with Crippen molar-refractivity contribution in [3.05, 3.63) is 29.3 Å². The number of benzene rings is 1. The molecule has 0 spiro atoms. The van der Waals surface area contributed by atoms with Gasteiger partial charge in [0.2, 0.25) is 5.91 Å². The first kappa shape index (κ1) is 17.3. The minimum Gasteiger partial charge on any atom is -0.376 e. The van der Waals surface area contributed by atoms with Crippen molar-refractivity contribution in [1.29, 1.82) is 0 Å². The average molecular weight is 317 g/mol. The summed E-state index contributed by atoms with van der Waals surface area (Å²) in [5.41, 5.74) is 2.32. The second-order valence-electron chi connectivity index (χ2n) is 6.21. The van der Waals surface area contributed by atoms with Crippen molar-refractivity contribution in [2.24, 2.45) is 0 Å². The van der Waals surface area contributed by atoms with Gasteiger partial charge >= 0.3 is 0 Å². The molecule has 1 aromatic rings. The zero-order valence-corrected chi connectivity index (χ0v) is 14.3. The van der Waals surface area contributed by atoms with Gasteiger partial charge in [-0.05, 0) is 37.5 Å². The van der Waals surface area contributed by atoms with Gasteiger partial charge in [0, 0.05) is 31.4 Å². The molecule has 0 saturated heterocycles. The molecule has 2 N–H and O–H groups in total. The smallest absolute Gasteiger partial charge is 0.251 e. The predicted molar refractivity (Wildman–Crippen MR) is 92.7 cm³/mol. The van der Waals surface area contributed by atoms with Crippen LogP contribution in [0.5, 0.6) is 0 Å². The Balaban J connectivity index is 1.97. The summed E-state index contributed by atoms with van der Waals surface area (Å²) >= 11 is 0. The summed E-state index contributed by atoms with van der Waals surface area (Å²) in [5, 5.41) is 5.81. The van der Waals surface area contributed by atoms with Crippen molar-refractivity contribution in [3.63, 3.8) is 0 Å².